The molecule has 3 rings (SSSR count). The topological polar surface area (TPSA) is 30.9 Å². The second-order valence-corrected chi connectivity index (χ2v) is 6.02. The maximum absolute atomic E-state index is 14.3. The Morgan fingerprint density at radius 1 is 1.48 bits per heavy atom. The fourth-order valence-corrected chi connectivity index (χ4v) is 3.34. The van der Waals surface area contributed by atoms with E-state index in [4.69, 9.17) is 14.2 Å². The summed E-state index contributed by atoms with van der Waals surface area (Å²) in [5.74, 6) is 0.0311. The van der Waals surface area contributed by atoms with Crippen LogP contribution in [0.1, 0.15) is 18.9 Å². The van der Waals surface area contributed by atoms with E-state index in [9.17, 15) is 4.39 Å². The van der Waals surface area contributed by atoms with Crippen molar-refractivity contribution in [1.29, 1.82) is 0 Å². The minimum Gasteiger partial charge on any atom is -0.494 e. The Bertz CT molecular complexity index is 502. The SMILES string of the molecule is COc1cccc(CN2CC(C)OC3(CCOC3)C2)c1F. The third-order valence-electron chi connectivity index (χ3n) is 4.20. The van der Waals surface area contributed by atoms with Crippen LogP contribution in [0.3, 0.4) is 0 Å². The highest BCUT2D eigenvalue weighted by atomic mass is 19.1. The number of benzene rings is 1. The lowest BCUT2D eigenvalue weighted by Crippen LogP contribution is -2.55. The van der Waals surface area contributed by atoms with Gasteiger partial charge in [-0.05, 0) is 13.0 Å². The van der Waals surface area contributed by atoms with Crippen LogP contribution >= 0.6 is 0 Å². The molecule has 0 saturated carbocycles. The zero-order valence-corrected chi connectivity index (χ0v) is 12.6. The molecule has 2 fully saturated rings. The third-order valence-corrected chi connectivity index (χ3v) is 4.20. The molecule has 0 aliphatic carbocycles. The molecule has 116 valence electrons. The normalized spacial score (nSPS) is 30.0. The molecule has 4 nitrogen and oxygen atoms in total. The van der Waals surface area contributed by atoms with Gasteiger partial charge in [0.05, 0.1) is 19.8 Å². The fourth-order valence-electron chi connectivity index (χ4n) is 3.34. The number of ether oxygens (including phenoxy) is 3. The Morgan fingerprint density at radius 2 is 2.33 bits per heavy atom. The number of rotatable bonds is 3. The van der Waals surface area contributed by atoms with Crippen LogP contribution in [0.4, 0.5) is 4.39 Å². The van der Waals surface area contributed by atoms with E-state index in [1.807, 2.05) is 12.1 Å². The minimum absolute atomic E-state index is 0.133. The summed E-state index contributed by atoms with van der Waals surface area (Å²) < 4.78 is 30.9. The van der Waals surface area contributed by atoms with Crippen LogP contribution in [0.5, 0.6) is 5.75 Å². The second kappa shape index (κ2) is 5.91. The molecule has 1 spiro atoms. The summed E-state index contributed by atoms with van der Waals surface area (Å²) >= 11 is 0. The zero-order valence-electron chi connectivity index (χ0n) is 12.6. The summed E-state index contributed by atoms with van der Waals surface area (Å²) in [5, 5.41) is 0. The van der Waals surface area contributed by atoms with Crippen molar-refractivity contribution < 1.29 is 18.6 Å². The Kier molecular flexibility index (Phi) is 4.15. The first kappa shape index (κ1) is 14.8. The van der Waals surface area contributed by atoms with Crippen molar-refractivity contribution in [1.82, 2.24) is 4.90 Å². The molecule has 2 atom stereocenters. The fraction of sp³-hybridized carbons (Fsp3) is 0.625. The molecule has 0 radical (unpaired) electrons. The van der Waals surface area contributed by atoms with Gasteiger partial charge in [-0.3, -0.25) is 4.90 Å². The maximum atomic E-state index is 14.3. The van der Waals surface area contributed by atoms with Crippen molar-refractivity contribution in [3.8, 4) is 5.75 Å². The van der Waals surface area contributed by atoms with Crippen LogP contribution in [-0.2, 0) is 16.0 Å². The van der Waals surface area contributed by atoms with Crippen molar-refractivity contribution in [2.75, 3.05) is 33.4 Å². The lowest BCUT2D eigenvalue weighted by molar-refractivity contribution is -0.149. The predicted molar refractivity (Wildman–Crippen MR) is 76.9 cm³/mol. The van der Waals surface area contributed by atoms with E-state index in [0.29, 0.717) is 24.5 Å². The van der Waals surface area contributed by atoms with E-state index < -0.39 is 0 Å². The quantitative estimate of drug-likeness (QED) is 0.855. The van der Waals surface area contributed by atoms with Crippen molar-refractivity contribution >= 4 is 0 Å². The van der Waals surface area contributed by atoms with Crippen molar-refractivity contribution in [3.05, 3.63) is 29.6 Å². The van der Waals surface area contributed by atoms with E-state index in [-0.39, 0.29) is 17.5 Å². The van der Waals surface area contributed by atoms with Gasteiger partial charge in [-0.2, -0.15) is 0 Å². The Balaban J connectivity index is 1.75. The summed E-state index contributed by atoms with van der Waals surface area (Å²) in [6, 6.07) is 5.29. The standard InChI is InChI=1S/C16H22FNO3/c1-12-8-18(10-16(21-12)6-7-20-11-16)9-13-4-3-5-14(19-2)15(13)17/h3-5,12H,6-11H2,1-2H3. The number of hydrogen-bond donors (Lipinski definition) is 0. The van der Waals surface area contributed by atoms with Crippen LogP contribution in [0.2, 0.25) is 0 Å². The highest BCUT2D eigenvalue weighted by Crippen LogP contribution is 2.31. The largest absolute Gasteiger partial charge is 0.494 e. The third kappa shape index (κ3) is 3.05. The van der Waals surface area contributed by atoms with E-state index >= 15 is 0 Å². The van der Waals surface area contributed by atoms with Crippen LogP contribution in [0.25, 0.3) is 0 Å². The number of methoxy groups -OCH3 is 1. The van der Waals surface area contributed by atoms with Gasteiger partial charge in [0, 0.05) is 38.2 Å². The van der Waals surface area contributed by atoms with Crippen LogP contribution in [-0.4, -0.2) is 50.0 Å². The summed E-state index contributed by atoms with van der Waals surface area (Å²) in [6.45, 7) is 5.60. The molecule has 21 heavy (non-hydrogen) atoms. The molecule has 0 amide bonds. The molecule has 2 heterocycles. The lowest BCUT2D eigenvalue weighted by atomic mass is 9.99. The average Bonchev–Trinajstić information content (AvgIpc) is 2.88. The average molecular weight is 295 g/mol. The molecule has 2 unspecified atom stereocenters. The molecule has 5 heteroatoms. The van der Waals surface area contributed by atoms with E-state index in [2.05, 4.69) is 11.8 Å². The number of hydrogen-bond acceptors (Lipinski definition) is 4. The number of halogens is 1. The van der Waals surface area contributed by atoms with E-state index in [1.165, 1.54) is 7.11 Å². The van der Waals surface area contributed by atoms with Gasteiger partial charge in [0.1, 0.15) is 5.60 Å². The second-order valence-electron chi connectivity index (χ2n) is 6.02. The first-order chi connectivity index (χ1) is 10.1. The monoisotopic (exact) mass is 295 g/mol. The molecule has 1 aromatic rings. The van der Waals surface area contributed by atoms with Crippen LogP contribution < -0.4 is 4.74 Å². The summed E-state index contributed by atoms with van der Waals surface area (Å²) in [7, 11) is 1.49. The van der Waals surface area contributed by atoms with Crippen molar-refractivity contribution in [2.24, 2.45) is 0 Å². The molecule has 2 aliphatic heterocycles. The summed E-state index contributed by atoms with van der Waals surface area (Å²) in [6.07, 6.45) is 1.04. The van der Waals surface area contributed by atoms with Gasteiger partial charge in [-0.25, -0.2) is 4.39 Å². The zero-order chi connectivity index (χ0) is 14.9. The molecular weight excluding hydrogens is 273 g/mol. The molecule has 2 aliphatic rings. The van der Waals surface area contributed by atoms with Gasteiger partial charge in [0.15, 0.2) is 11.6 Å². The molecular formula is C16H22FNO3. The summed E-state index contributed by atoms with van der Waals surface area (Å²) in [5.41, 5.74) is 0.449. The Hall–Kier alpha value is -1.17. The van der Waals surface area contributed by atoms with Gasteiger partial charge >= 0.3 is 0 Å². The highest BCUT2D eigenvalue weighted by molar-refractivity contribution is 5.31. The van der Waals surface area contributed by atoms with Crippen molar-refractivity contribution in [2.45, 2.75) is 31.6 Å². The first-order valence-corrected chi connectivity index (χ1v) is 7.41. The lowest BCUT2D eigenvalue weighted by Gasteiger charge is -2.43. The molecule has 0 aromatic heterocycles. The van der Waals surface area contributed by atoms with Crippen LogP contribution in [0.15, 0.2) is 18.2 Å². The highest BCUT2D eigenvalue weighted by Gasteiger charge is 2.42. The maximum Gasteiger partial charge on any atom is 0.169 e. The van der Waals surface area contributed by atoms with Crippen LogP contribution in [0, 0.1) is 5.82 Å². The minimum atomic E-state index is -0.268. The Morgan fingerprint density at radius 3 is 3.05 bits per heavy atom. The molecule has 2 saturated heterocycles. The Labute approximate surface area is 124 Å². The van der Waals surface area contributed by atoms with Gasteiger partial charge in [0.25, 0.3) is 0 Å². The smallest absolute Gasteiger partial charge is 0.169 e. The van der Waals surface area contributed by atoms with Crippen molar-refractivity contribution in [3.63, 3.8) is 0 Å². The molecule has 0 bridgehead atoms. The van der Waals surface area contributed by atoms with Gasteiger partial charge in [0.2, 0.25) is 0 Å². The van der Waals surface area contributed by atoms with E-state index in [0.717, 1.165) is 26.1 Å². The predicted octanol–water partition coefficient (Wildman–Crippen LogP) is 2.21. The molecule has 0 N–H and O–H groups in total. The summed E-state index contributed by atoms with van der Waals surface area (Å²) in [4.78, 5) is 2.25. The number of morpholine rings is 1. The van der Waals surface area contributed by atoms with Gasteiger partial charge in [-0.1, -0.05) is 12.1 Å². The van der Waals surface area contributed by atoms with Gasteiger partial charge in [-0.15, -0.1) is 0 Å². The van der Waals surface area contributed by atoms with E-state index in [1.54, 1.807) is 6.07 Å². The first-order valence-electron chi connectivity index (χ1n) is 7.41. The van der Waals surface area contributed by atoms with Gasteiger partial charge < -0.3 is 14.2 Å². The number of nitrogens with zero attached hydrogens (tertiary/aromatic N) is 1. The molecule has 1 aromatic carbocycles.